The number of carbonyl (C=O) groups is 1. The van der Waals surface area contributed by atoms with E-state index in [-0.39, 0.29) is 17.6 Å². The number of phenolic OH excluding ortho intramolecular Hbond substituents is 1. The van der Waals surface area contributed by atoms with E-state index < -0.39 is 0 Å². The zero-order valence-electron chi connectivity index (χ0n) is 9.66. The highest BCUT2D eigenvalue weighted by molar-refractivity contribution is 5.92. The molecule has 0 saturated heterocycles. The standard InChI is InChI=1S/C12H18N2O2/c1-8(5-6-13)12(16)14-10-3-4-11(15)9(2)7-10/h3-4,7-8,15H,5-6,13H2,1-2H3,(H,14,16). The maximum absolute atomic E-state index is 11.7. The Morgan fingerprint density at radius 3 is 2.81 bits per heavy atom. The summed E-state index contributed by atoms with van der Waals surface area (Å²) in [4.78, 5) is 11.7. The number of hydrogen-bond acceptors (Lipinski definition) is 3. The van der Waals surface area contributed by atoms with Crippen LogP contribution in [0.1, 0.15) is 18.9 Å². The van der Waals surface area contributed by atoms with Crippen molar-refractivity contribution in [3.05, 3.63) is 23.8 Å². The lowest BCUT2D eigenvalue weighted by Gasteiger charge is -2.11. The fourth-order valence-corrected chi connectivity index (χ4v) is 1.38. The van der Waals surface area contributed by atoms with E-state index >= 15 is 0 Å². The molecule has 1 rings (SSSR count). The van der Waals surface area contributed by atoms with E-state index in [1.165, 1.54) is 0 Å². The van der Waals surface area contributed by atoms with Gasteiger partial charge in [-0.15, -0.1) is 0 Å². The minimum atomic E-state index is -0.0980. The highest BCUT2D eigenvalue weighted by atomic mass is 16.3. The van der Waals surface area contributed by atoms with E-state index in [0.29, 0.717) is 18.7 Å². The maximum atomic E-state index is 11.7. The van der Waals surface area contributed by atoms with Crippen molar-refractivity contribution in [3.63, 3.8) is 0 Å². The Bertz CT molecular complexity index is 377. The molecule has 0 aliphatic heterocycles. The Labute approximate surface area is 95.5 Å². The lowest BCUT2D eigenvalue weighted by Crippen LogP contribution is -2.22. The van der Waals surface area contributed by atoms with Gasteiger partial charge in [0.25, 0.3) is 0 Å². The molecule has 1 aromatic rings. The zero-order chi connectivity index (χ0) is 12.1. The number of hydrogen-bond donors (Lipinski definition) is 3. The Morgan fingerprint density at radius 1 is 1.56 bits per heavy atom. The molecule has 0 aliphatic carbocycles. The van der Waals surface area contributed by atoms with Gasteiger partial charge in [-0.2, -0.15) is 0 Å². The summed E-state index contributed by atoms with van der Waals surface area (Å²) in [7, 11) is 0. The van der Waals surface area contributed by atoms with Crippen LogP contribution in [0.2, 0.25) is 0 Å². The molecule has 0 bridgehead atoms. The van der Waals surface area contributed by atoms with Gasteiger partial charge in [0.15, 0.2) is 0 Å². The smallest absolute Gasteiger partial charge is 0.227 e. The van der Waals surface area contributed by atoms with Gasteiger partial charge in [0.05, 0.1) is 0 Å². The SMILES string of the molecule is Cc1cc(NC(=O)C(C)CCN)ccc1O. The molecule has 0 aliphatic rings. The third kappa shape index (κ3) is 3.24. The number of aryl methyl sites for hydroxylation is 1. The third-order valence-corrected chi connectivity index (χ3v) is 2.51. The Hall–Kier alpha value is -1.55. The minimum absolute atomic E-state index is 0.0458. The summed E-state index contributed by atoms with van der Waals surface area (Å²) in [5.41, 5.74) is 6.83. The third-order valence-electron chi connectivity index (χ3n) is 2.51. The number of benzene rings is 1. The molecule has 1 aromatic carbocycles. The number of amides is 1. The van der Waals surface area contributed by atoms with Crippen LogP contribution >= 0.6 is 0 Å². The van der Waals surface area contributed by atoms with E-state index in [0.717, 1.165) is 5.56 Å². The van der Waals surface area contributed by atoms with Crippen LogP contribution in [0.25, 0.3) is 0 Å². The summed E-state index contributed by atoms with van der Waals surface area (Å²) in [5, 5.41) is 12.1. The molecule has 0 heterocycles. The first kappa shape index (κ1) is 12.5. The van der Waals surface area contributed by atoms with Gasteiger partial charge in [-0.3, -0.25) is 4.79 Å². The van der Waals surface area contributed by atoms with Gasteiger partial charge in [0, 0.05) is 11.6 Å². The summed E-state index contributed by atoms with van der Waals surface area (Å²) in [6, 6.07) is 4.98. The van der Waals surface area contributed by atoms with Gasteiger partial charge < -0.3 is 16.2 Å². The fourth-order valence-electron chi connectivity index (χ4n) is 1.38. The average molecular weight is 222 g/mol. The van der Waals surface area contributed by atoms with Crippen molar-refractivity contribution in [1.82, 2.24) is 0 Å². The highest BCUT2D eigenvalue weighted by Crippen LogP contribution is 2.20. The first-order chi connectivity index (χ1) is 7.54. The molecule has 1 unspecified atom stereocenters. The summed E-state index contributed by atoms with van der Waals surface area (Å²) in [5.74, 6) is 0.0858. The van der Waals surface area contributed by atoms with Crippen molar-refractivity contribution in [3.8, 4) is 5.75 Å². The van der Waals surface area contributed by atoms with Crippen LogP contribution in [0, 0.1) is 12.8 Å². The molecule has 0 fully saturated rings. The molecule has 16 heavy (non-hydrogen) atoms. The lowest BCUT2D eigenvalue weighted by atomic mass is 10.1. The van der Waals surface area contributed by atoms with Crippen LogP contribution in [-0.4, -0.2) is 17.6 Å². The number of carbonyl (C=O) groups excluding carboxylic acids is 1. The average Bonchev–Trinajstić information content (AvgIpc) is 2.24. The van der Waals surface area contributed by atoms with Gasteiger partial charge >= 0.3 is 0 Å². The second-order valence-electron chi connectivity index (χ2n) is 3.97. The monoisotopic (exact) mass is 222 g/mol. The Balaban J connectivity index is 2.66. The normalized spacial score (nSPS) is 12.2. The molecule has 4 nitrogen and oxygen atoms in total. The predicted molar refractivity (Wildman–Crippen MR) is 64.3 cm³/mol. The van der Waals surface area contributed by atoms with Crippen LogP contribution in [0.5, 0.6) is 5.75 Å². The topological polar surface area (TPSA) is 75.4 Å². The molecule has 4 N–H and O–H groups in total. The van der Waals surface area contributed by atoms with E-state index in [1.807, 2.05) is 6.92 Å². The van der Waals surface area contributed by atoms with Crippen molar-refractivity contribution in [2.24, 2.45) is 11.7 Å². The number of nitrogens with two attached hydrogens (primary N) is 1. The van der Waals surface area contributed by atoms with E-state index in [9.17, 15) is 9.90 Å². The number of anilines is 1. The largest absolute Gasteiger partial charge is 0.508 e. The molecule has 0 aromatic heterocycles. The summed E-state index contributed by atoms with van der Waals surface area (Å²) >= 11 is 0. The first-order valence-corrected chi connectivity index (χ1v) is 5.35. The first-order valence-electron chi connectivity index (χ1n) is 5.35. The summed E-state index contributed by atoms with van der Waals surface area (Å²) in [6.07, 6.45) is 0.670. The number of rotatable bonds is 4. The second-order valence-corrected chi connectivity index (χ2v) is 3.97. The van der Waals surface area contributed by atoms with E-state index in [4.69, 9.17) is 5.73 Å². The maximum Gasteiger partial charge on any atom is 0.227 e. The van der Waals surface area contributed by atoms with Crippen molar-refractivity contribution >= 4 is 11.6 Å². The van der Waals surface area contributed by atoms with Crippen molar-refractivity contribution in [1.29, 1.82) is 0 Å². The quantitative estimate of drug-likeness (QED) is 0.678. The van der Waals surface area contributed by atoms with Crippen LogP contribution in [-0.2, 0) is 4.79 Å². The summed E-state index contributed by atoms with van der Waals surface area (Å²) in [6.45, 7) is 4.13. The fraction of sp³-hybridized carbons (Fsp3) is 0.417. The molecule has 1 atom stereocenters. The molecule has 0 spiro atoms. The summed E-state index contributed by atoms with van der Waals surface area (Å²) < 4.78 is 0. The lowest BCUT2D eigenvalue weighted by molar-refractivity contribution is -0.119. The molecule has 4 heteroatoms. The van der Waals surface area contributed by atoms with E-state index in [2.05, 4.69) is 5.32 Å². The Kier molecular flexibility index (Phi) is 4.31. The molecular weight excluding hydrogens is 204 g/mol. The van der Waals surface area contributed by atoms with Crippen LogP contribution in [0.3, 0.4) is 0 Å². The Morgan fingerprint density at radius 2 is 2.25 bits per heavy atom. The van der Waals surface area contributed by atoms with Crippen LogP contribution < -0.4 is 11.1 Å². The molecule has 1 amide bonds. The molecule has 0 saturated carbocycles. The number of phenols is 1. The molecule has 0 radical (unpaired) electrons. The second kappa shape index (κ2) is 5.51. The molecular formula is C12H18N2O2. The zero-order valence-corrected chi connectivity index (χ0v) is 9.66. The molecule has 88 valence electrons. The number of aromatic hydroxyl groups is 1. The van der Waals surface area contributed by atoms with Crippen molar-refractivity contribution < 1.29 is 9.90 Å². The number of nitrogens with one attached hydrogen (secondary N) is 1. The minimum Gasteiger partial charge on any atom is -0.508 e. The van der Waals surface area contributed by atoms with Gasteiger partial charge in [-0.25, -0.2) is 0 Å². The van der Waals surface area contributed by atoms with Gasteiger partial charge in [-0.05, 0) is 43.7 Å². The highest BCUT2D eigenvalue weighted by Gasteiger charge is 2.12. The van der Waals surface area contributed by atoms with Crippen LogP contribution in [0.4, 0.5) is 5.69 Å². The van der Waals surface area contributed by atoms with Crippen molar-refractivity contribution in [2.45, 2.75) is 20.3 Å². The van der Waals surface area contributed by atoms with Gasteiger partial charge in [-0.1, -0.05) is 6.92 Å². The predicted octanol–water partition coefficient (Wildman–Crippen LogP) is 1.62. The van der Waals surface area contributed by atoms with Gasteiger partial charge in [0.1, 0.15) is 5.75 Å². The van der Waals surface area contributed by atoms with Gasteiger partial charge in [0.2, 0.25) is 5.91 Å². The van der Waals surface area contributed by atoms with E-state index in [1.54, 1.807) is 25.1 Å². The van der Waals surface area contributed by atoms with Crippen LogP contribution in [0.15, 0.2) is 18.2 Å². The van der Waals surface area contributed by atoms with Crippen molar-refractivity contribution in [2.75, 3.05) is 11.9 Å².